The van der Waals surface area contributed by atoms with Crippen LogP contribution in [0.4, 0.5) is 0 Å². The van der Waals surface area contributed by atoms with E-state index in [0.29, 0.717) is 19.5 Å². The van der Waals surface area contributed by atoms with E-state index in [1.807, 2.05) is 17.0 Å². The molecule has 7 heteroatoms. The maximum absolute atomic E-state index is 12.9. The van der Waals surface area contributed by atoms with E-state index in [1.165, 1.54) is 22.3 Å². The van der Waals surface area contributed by atoms with Crippen molar-refractivity contribution in [1.82, 2.24) is 9.80 Å². The van der Waals surface area contributed by atoms with Gasteiger partial charge in [-0.3, -0.25) is 14.4 Å². The summed E-state index contributed by atoms with van der Waals surface area (Å²) in [4.78, 5) is 40.3. The Kier molecular flexibility index (Phi) is 5.86. The topological polar surface area (TPSA) is 77.9 Å². The normalized spacial score (nSPS) is 22.4. The smallest absolute Gasteiger partial charge is 0.323 e. The number of carbonyl (C=O) groups excluding carboxylic acids is 2. The van der Waals surface area contributed by atoms with Crippen molar-refractivity contribution in [3.05, 3.63) is 29.8 Å². The van der Waals surface area contributed by atoms with Crippen LogP contribution < -0.4 is 0 Å². The predicted molar refractivity (Wildman–Crippen MR) is 99.0 cm³/mol. The lowest BCUT2D eigenvalue weighted by molar-refractivity contribution is -0.145. The molecule has 2 aliphatic heterocycles. The number of rotatable bonds is 4. The SMILES string of the molecule is CC(=O)N(CC(=O)O)C1CCCN(C(=O)C2Cc3ccccc3S2)CC1. The lowest BCUT2D eigenvalue weighted by Crippen LogP contribution is -2.43. The first-order valence-corrected chi connectivity index (χ1v) is 9.86. The summed E-state index contributed by atoms with van der Waals surface area (Å²) in [5.74, 6) is -1.07. The molecule has 0 aromatic heterocycles. The van der Waals surface area contributed by atoms with E-state index < -0.39 is 5.97 Å². The van der Waals surface area contributed by atoms with Gasteiger partial charge in [-0.1, -0.05) is 18.2 Å². The zero-order valence-electron chi connectivity index (χ0n) is 14.9. The van der Waals surface area contributed by atoms with Crippen LogP contribution in [0.1, 0.15) is 31.7 Å². The Balaban J connectivity index is 1.61. The molecule has 26 heavy (non-hydrogen) atoms. The molecule has 140 valence electrons. The van der Waals surface area contributed by atoms with E-state index >= 15 is 0 Å². The molecule has 2 aliphatic rings. The Hall–Kier alpha value is -2.02. The molecule has 0 aliphatic carbocycles. The third kappa shape index (κ3) is 4.20. The van der Waals surface area contributed by atoms with E-state index in [2.05, 4.69) is 12.1 Å². The number of likely N-dealkylation sites (tertiary alicyclic amines) is 1. The minimum atomic E-state index is -1.00. The molecule has 6 nitrogen and oxygen atoms in total. The number of carboxylic acids is 1. The first-order chi connectivity index (χ1) is 12.5. The van der Waals surface area contributed by atoms with Crippen molar-refractivity contribution >= 4 is 29.5 Å². The number of benzene rings is 1. The Morgan fingerprint density at radius 2 is 2.00 bits per heavy atom. The number of fused-ring (bicyclic) bond motifs is 1. The number of carbonyl (C=O) groups is 3. The third-order valence-electron chi connectivity index (χ3n) is 5.08. The minimum absolute atomic E-state index is 0.0770. The van der Waals surface area contributed by atoms with Crippen molar-refractivity contribution in [3.63, 3.8) is 0 Å². The summed E-state index contributed by atoms with van der Waals surface area (Å²) in [7, 11) is 0. The molecule has 1 saturated heterocycles. The number of thioether (sulfide) groups is 1. The van der Waals surface area contributed by atoms with E-state index in [9.17, 15) is 14.4 Å². The number of aliphatic carboxylic acids is 1. The molecule has 1 aromatic carbocycles. The van der Waals surface area contributed by atoms with Crippen LogP contribution >= 0.6 is 11.8 Å². The summed E-state index contributed by atoms with van der Waals surface area (Å²) in [5.41, 5.74) is 1.23. The van der Waals surface area contributed by atoms with Gasteiger partial charge in [0.05, 0.1) is 5.25 Å². The quantitative estimate of drug-likeness (QED) is 0.870. The molecule has 1 fully saturated rings. The lowest BCUT2D eigenvalue weighted by atomic mass is 10.1. The zero-order chi connectivity index (χ0) is 18.7. The molecule has 2 unspecified atom stereocenters. The second kappa shape index (κ2) is 8.12. The minimum Gasteiger partial charge on any atom is -0.480 e. The Morgan fingerprint density at radius 3 is 2.69 bits per heavy atom. The van der Waals surface area contributed by atoms with Crippen molar-refractivity contribution in [2.75, 3.05) is 19.6 Å². The molecule has 2 amide bonds. The molecular formula is C19H24N2O4S. The fourth-order valence-electron chi connectivity index (χ4n) is 3.78. The molecule has 3 rings (SSSR count). The van der Waals surface area contributed by atoms with Crippen LogP contribution in [0, 0.1) is 0 Å². The van der Waals surface area contributed by atoms with Crippen LogP contribution in [0.3, 0.4) is 0 Å². The van der Waals surface area contributed by atoms with Gasteiger partial charge < -0.3 is 14.9 Å². The Bertz CT molecular complexity index is 684. The van der Waals surface area contributed by atoms with E-state index in [4.69, 9.17) is 5.11 Å². The van der Waals surface area contributed by atoms with Crippen LogP contribution in [0.15, 0.2) is 29.2 Å². The van der Waals surface area contributed by atoms with E-state index in [-0.39, 0.29) is 29.7 Å². The standard InChI is InChI=1S/C19H24N2O4S/c1-13(22)21(12-18(23)24)15-6-4-9-20(10-8-15)19(25)17-11-14-5-2-3-7-16(14)26-17/h2-3,5,7,15,17H,4,6,8-12H2,1H3,(H,23,24). The molecule has 0 radical (unpaired) electrons. The molecule has 0 bridgehead atoms. The maximum atomic E-state index is 12.9. The largest absolute Gasteiger partial charge is 0.480 e. The predicted octanol–water partition coefficient (Wildman–Crippen LogP) is 2.02. The van der Waals surface area contributed by atoms with Crippen molar-refractivity contribution in [2.45, 2.75) is 48.8 Å². The number of nitrogens with zero attached hydrogens (tertiary/aromatic N) is 2. The van der Waals surface area contributed by atoms with Gasteiger partial charge in [-0.2, -0.15) is 0 Å². The Labute approximate surface area is 157 Å². The van der Waals surface area contributed by atoms with Gasteiger partial charge in [0.2, 0.25) is 11.8 Å². The first-order valence-electron chi connectivity index (χ1n) is 8.98. The highest BCUT2D eigenvalue weighted by Crippen LogP contribution is 2.37. The molecule has 0 spiro atoms. The summed E-state index contributed by atoms with van der Waals surface area (Å²) < 4.78 is 0. The van der Waals surface area contributed by atoms with Gasteiger partial charge in [0, 0.05) is 31.0 Å². The first kappa shape index (κ1) is 18.8. The van der Waals surface area contributed by atoms with Crippen molar-refractivity contribution in [1.29, 1.82) is 0 Å². The van der Waals surface area contributed by atoms with E-state index in [0.717, 1.165) is 19.3 Å². The monoisotopic (exact) mass is 376 g/mol. The van der Waals surface area contributed by atoms with Crippen LogP contribution in [0.25, 0.3) is 0 Å². The molecular weight excluding hydrogens is 352 g/mol. The van der Waals surface area contributed by atoms with Gasteiger partial charge in [-0.05, 0) is 37.3 Å². The molecule has 1 N–H and O–H groups in total. The van der Waals surface area contributed by atoms with Gasteiger partial charge in [0.15, 0.2) is 0 Å². The fourth-order valence-corrected chi connectivity index (χ4v) is 5.06. The van der Waals surface area contributed by atoms with E-state index in [1.54, 1.807) is 11.8 Å². The molecule has 1 aromatic rings. The van der Waals surface area contributed by atoms with Crippen molar-refractivity contribution in [2.24, 2.45) is 0 Å². The summed E-state index contributed by atoms with van der Waals surface area (Å²) >= 11 is 1.63. The number of carboxylic acid groups (broad SMARTS) is 1. The van der Waals surface area contributed by atoms with Crippen molar-refractivity contribution < 1.29 is 19.5 Å². The van der Waals surface area contributed by atoms with Crippen LogP contribution in [-0.4, -0.2) is 63.6 Å². The summed E-state index contributed by atoms with van der Waals surface area (Å²) in [6.45, 7) is 2.37. The average molecular weight is 376 g/mol. The van der Waals surface area contributed by atoms with Crippen molar-refractivity contribution in [3.8, 4) is 0 Å². The molecule has 0 saturated carbocycles. The number of amides is 2. The highest BCUT2D eigenvalue weighted by Gasteiger charge is 2.33. The van der Waals surface area contributed by atoms with Gasteiger partial charge in [-0.25, -0.2) is 0 Å². The van der Waals surface area contributed by atoms with Crippen LogP contribution in [0.5, 0.6) is 0 Å². The van der Waals surface area contributed by atoms with Gasteiger partial charge in [0.1, 0.15) is 6.54 Å². The molecule has 2 heterocycles. The van der Waals surface area contributed by atoms with Gasteiger partial charge in [-0.15, -0.1) is 11.8 Å². The number of hydrogen-bond donors (Lipinski definition) is 1. The van der Waals surface area contributed by atoms with Crippen LogP contribution in [0.2, 0.25) is 0 Å². The van der Waals surface area contributed by atoms with Crippen LogP contribution in [-0.2, 0) is 20.8 Å². The fraction of sp³-hybridized carbons (Fsp3) is 0.526. The second-order valence-corrected chi connectivity index (χ2v) is 8.11. The van der Waals surface area contributed by atoms with Gasteiger partial charge >= 0.3 is 5.97 Å². The third-order valence-corrected chi connectivity index (χ3v) is 6.39. The van der Waals surface area contributed by atoms with Gasteiger partial charge in [0.25, 0.3) is 0 Å². The summed E-state index contributed by atoms with van der Waals surface area (Å²) in [6.07, 6.45) is 2.90. The Morgan fingerprint density at radius 1 is 1.23 bits per heavy atom. The average Bonchev–Trinajstić information content (AvgIpc) is 2.89. The maximum Gasteiger partial charge on any atom is 0.323 e. The highest BCUT2D eigenvalue weighted by atomic mass is 32.2. The second-order valence-electron chi connectivity index (χ2n) is 6.87. The molecule has 2 atom stereocenters. The lowest BCUT2D eigenvalue weighted by Gasteiger charge is -2.29. The summed E-state index contributed by atoms with van der Waals surface area (Å²) in [6, 6.07) is 8.01. The summed E-state index contributed by atoms with van der Waals surface area (Å²) in [5, 5.41) is 8.97. The highest BCUT2D eigenvalue weighted by molar-refractivity contribution is 8.01. The number of hydrogen-bond acceptors (Lipinski definition) is 4. The zero-order valence-corrected chi connectivity index (χ0v) is 15.7.